The SMILES string of the molecule is C=C(CNC(CC)CC)C(=O)O. The third-order valence-electron chi connectivity index (χ3n) is 1.89. The first-order valence-electron chi connectivity index (χ1n) is 4.26. The van der Waals surface area contributed by atoms with Crippen LogP contribution >= 0.6 is 0 Å². The molecular weight excluding hydrogens is 154 g/mol. The first-order valence-corrected chi connectivity index (χ1v) is 4.26. The highest BCUT2D eigenvalue weighted by Gasteiger charge is 2.06. The summed E-state index contributed by atoms with van der Waals surface area (Å²) < 4.78 is 0. The van der Waals surface area contributed by atoms with Crippen molar-refractivity contribution in [3.63, 3.8) is 0 Å². The number of hydrogen-bond acceptors (Lipinski definition) is 2. The van der Waals surface area contributed by atoms with Gasteiger partial charge in [-0.2, -0.15) is 0 Å². The van der Waals surface area contributed by atoms with Gasteiger partial charge in [-0.05, 0) is 12.8 Å². The molecule has 12 heavy (non-hydrogen) atoms. The maximum atomic E-state index is 10.3. The van der Waals surface area contributed by atoms with Crippen molar-refractivity contribution < 1.29 is 9.90 Å². The quantitative estimate of drug-likeness (QED) is 0.594. The van der Waals surface area contributed by atoms with Crippen LogP contribution in [0.5, 0.6) is 0 Å². The molecule has 0 amide bonds. The lowest BCUT2D eigenvalue weighted by Crippen LogP contribution is -2.30. The van der Waals surface area contributed by atoms with Gasteiger partial charge >= 0.3 is 5.97 Å². The van der Waals surface area contributed by atoms with Crippen molar-refractivity contribution in [2.24, 2.45) is 0 Å². The van der Waals surface area contributed by atoms with E-state index in [2.05, 4.69) is 25.7 Å². The molecule has 2 N–H and O–H groups in total. The molecule has 0 fully saturated rings. The van der Waals surface area contributed by atoms with E-state index in [4.69, 9.17) is 5.11 Å². The van der Waals surface area contributed by atoms with Gasteiger partial charge in [-0.25, -0.2) is 4.79 Å². The van der Waals surface area contributed by atoms with Crippen LogP contribution in [0.4, 0.5) is 0 Å². The van der Waals surface area contributed by atoms with Crippen LogP contribution in [-0.4, -0.2) is 23.7 Å². The van der Waals surface area contributed by atoms with Gasteiger partial charge in [0.1, 0.15) is 0 Å². The number of carboxylic acids is 1. The van der Waals surface area contributed by atoms with Crippen molar-refractivity contribution in [3.8, 4) is 0 Å². The minimum absolute atomic E-state index is 0.224. The highest BCUT2D eigenvalue weighted by molar-refractivity contribution is 5.86. The summed E-state index contributed by atoms with van der Waals surface area (Å²) in [5.74, 6) is -0.923. The van der Waals surface area contributed by atoms with Gasteiger partial charge in [-0.15, -0.1) is 0 Å². The molecule has 70 valence electrons. The van der Waals surface area contributed by atoms with E-state index in [-0.39, 0.29) is 5.57 Å². The molecule has 0 rings (SSSR count). The smallest absolute Gasteiger partial charge is 0.332 e. The number of nitrogens with one attached hydrogen (secondary N) is 1. The predicted molar refractivity (Wildman–Crippen MR) is 49.1 cm³/mol. The minimum atomic E-state index is -0.923. The maximum Gasteiger partial charge on any atom is 0.332 e. The summed E-state index contributed by atoms with van der Waals surface area (Å²) in [6, 6.07) is 0.404. The first kappa shape index (κ1) is 11.2. The van der Waals surface area contributed by atoms with Crippen LogP contribution in [0.25, 0.3) is 0 Å². The molecule has 3 nitrogen and oxygen atoms in total. The molecule has 0 aromatic carbocycles. The lowest BCUT2D eigenvalue weighted by molar-refractivity contribution is -0.132. The standard InChI is InChI=1S/C9H17NO2/c1-4-8(5-2)10-6-7(3)9(11)12/h8,10H,3-6H2,1-2H3,(H,11,12). The van der Waals surface area contributed by atoms with Gasteiger partial charge in [-0.3, -0.25) is 0 Å². The van der Waals surface area contributed by atoms with Crippen LogP contribution in [-0.2, 0) is 4.79 Å². The molecule has 0 saturated carbocycles. The second-order valence-corrected chi connectivity index (χ2v) is 2.80. The number of carboxylic acid groups (broad SMARTS) is 1. The predicted octanol–water partition coefficient (Wildman–Crippen LogP) is 1.41. The van der Waals surface area contributed by atoms with Crippen molar-refractivity contribution >= 4 is 5.97 Å². The van der Waals surface area contributed by atoms with E-state index < -0.39 is 5.97 Å². The molecule has 0 saturated heterocycles. The molecule has 0 aromatic heterocycles. The minimum Gasteiger partial charge on any atom is -0.478 e. The molecule has 0 unspecified atom stereocenters. The summed E-state index contributed by atoms with van der Waals surface area (Å²) in [5.41, 5.74) is 0.224. The average molecular weight is 171 g/mol. The third-order valence-corrected chi connectivity index (χ3v) is 1.89. The van der Waals surface area contributed by atoms with Crippen molar-refractivity contribution in [3.05, 3.63) is 12.2 Å². The summed E-state index contributed by atoms with van der Waals surface area (Å²) in [6.07, 6.45) is 2.03. The molecule has 0 radical (unpaired) electrons. The van der Waals surface area contributed by atoms with Crippen LogP contribution in [0.2, 0.25) is 0 Å². The van der Waals surface area contributed by atoms with Gasteiger partial charge in [0.15, 0.2) is 0 Å². The van der Waals surface area contributed by atoms with Gasteiger partial charge in [-0.1, -0.05) is 20.4 Å². The zero-order valence-corrected chi connectivity index (χ0v) is 7.76. The fourth-order valence-corrected chi connectivity index (χ4v) is 0.921. The van der Waals surface area contributed by atoms with E-state index >= 15 is 0 Å². The topological polar surface area (TPSA) is 49.3 Å². The van der Waals surface area contributed by atoms with Crippen LogP contribution in [0.1, 0.15) is 26.7 Å². The Kier molecular flexibility index (Phi) is 5.37. The average Bonchev–Trinajstić information content (AvgIpc) is 2.05. The zero-order chi connectivity index (χ0) is 9.56. The molecule has 0 spiro atoms. The number of carbonyl (C=O) groups is 1. The molecule has 0 aliphatic rings. The Balaban J connectivity index is 3.66. The van der Waals surface area contributed by atoms with Gasteiger partial charge < -0.3 is 10.4 Å². The summed E-state index contributed by atoms with van der Waals surface area (Å²) in [6.45, 7) is 7.96. The molecule has 0 aliphatic carbocycles. The van der Waals surface area contributed by atoms with Crippen LogP contribution < -0.4 is 5.32 Å². The van der Waals surface area contributed by atoms with E-state index in [0.717, 1.165) is 12.8 Å². The Labute approximate surface area is 73.5 Å². The third kappa shape index (κ3) is 4.13. The van der Waals surface area contributed by atoms with Crippen LogP contribution in [0, 0.1) is 0 Å². The van der Waals surface area contributed by atoms with Crippen molar-refractivity contribution in [1.82, 2.24) is 5.32 Å². The number of hydrogen-bond donors (Lipinski definition) is 2. The fraction of sp³-hybridized carbons (Fsp3) is 0.667. The molecule has 0 heterocycles. The highest BCUT2D eigenvalue weighted by atomic mass is 16.4. The summed E-state index contributed by atoms with van der Waals surface area (Å²) in [4.78, 5) is 10.3. The molecule has 0 aliphatic heterocycles. The van der Waals surface area contributed by atoms with Gasteiger partial charge in [0.2, 0.25) is 0 Å². The number of rotatable bonds is 6. The Morgan fingerprint density at radius 1 is 1.50 bits per heavy atom. The maximum absolute atomic E-state index is 10.3. The van der Waals surface area contributed by atoms with Gasteiger partial charge in [0.05, 0.1) is 0 Å². The summed E-state index contributed by atoms with van der Waals surface area (Å²) in [7, 11) is 0. The molecule has 0 aromatic rings. The zero-order valence-electron chi connectivity index (χ0n) is 7.76. The van der Waals surface area contributed by atoms with Crippen LogP contribution in [0.15, 0.2) is 12.2 Å². The normalized spacial score (nSPS) is 10.2. The molecule has 0 bridgehead atoms. The van der Waals surface area contributed by atoms with Crippen LogP contribution in [0.3, 0.4) is 0 Å². The summed E-state index contributed by atoms with van der Waals surface area (Å²) in [5, 5.41) is 11.6. The van der Waals surface area contributed by atoms with Crippen molar-refractivity contribution in [2.75, 3.05) is 6.54 Å². The Morgan fingerprint density at radius 3 is 2.33 bits per heavy atom. The van der Waals surface area contributed by atoms with E-state index in [0.29, 0.717) is 12.6 Å². The molecule has 3 heteroatoms. The Hall–Kier alpha value is -0.830. The summed E-state index contributed by atoms with van der Waals surface area (Å²) >= 11 is 0. The second kappa shape index (κ2) is 5.77. The Morgan fingerprint density at radius 2 is 2.00 bits per heavy atom. The van der Waals surface area contributed by atoms with E-state index in [9.17, 15) is 4.79 Å². The van der Waals surface area contributed by atoms with E-state index in [1.165, 1.54) is 0 Å². The molecule has 0 atom stereocenters. The van der Waals surface area contributed by atoms with Crippen molar-refractivity contribution in [2.45, 2.75) is 32.7 Å². The monoisotopic (exact) mass is 171 g/mol. The number of aliphatic carboxylic acids is 1. The van der Waals surface area contributed by atoms with Gasteiger partial charge in [0, 0.05) is 18.2 Å². The van der Waals surface area contributed by atoms with Crippen molar-refractivity contribution in [1.29, 1.82) is 0 Å². The van der Waals surface area contributed by atoms with E-state index in [1.807, 2.05) is 0 Å². The van der Waals surface area contributed by atoms with Gasteiger partial charge in [0.25, 0.3) is 0 Å². The lowest BCUT2D eigenvalue weighted by atomic mass is 10.1. The lowest BCUT2D eigenvalue weighted by Gasteiger charge is -2.13. The first-order chi connectivity index (χ1) is 5.61. The molecular formula is C9H17NO2. The fourth-order valence-electron chi connectivity index (χ4n) is 0.921. The highest BCUT2D eigenvalue weighted by Crippen LogP contribution is 1.97. The second-order valence-electron chi connectivity index (χ2n) is 2.80. The Bertz CT molecular complexity index is 162. The largest absolute Gasteiger partial charge is 0.478 e. The van der Waals surface area contributed by atoms with E-state index in [1.54, 1.807) is 0 Å².